The molecule has 0 aliphatic carbocycles. The molecule has 0 bridgehead atoms. The number of nitrogens with zero attached hydrogens (tertiary/aromatic N) is 3. The van der Waals surface area contributed by atoms with Gasteiger partial charge in [0.25, 0.3) is 0 Å². The number of hydrogen-bond acceptors (Lipinski definition) is 5. The number of likely N-dealkylation sites (N-methyl/N-ethyl adjacent to an activating group) is 1. The zero-order valence-corrected chi connectivity index (χ0v) is 11.3. The lowest BCUT2D eigenvalue weighted by Gasteiger charge is -2.11. The number of imidazole rings is 1. The Morgan fingerprint density at radius 1 is 1.37 bits per heavy atom. The first-order valence-corrected chi connectivity index (χ1v) is 5.97. The average molecular weight is 263 g/mol. The van der Waals surface area contributed by atoms with Crippen LogP contribution in [0.15, 0.2) is 24.3 Å². The first-order chi connectivity index (χ1) is 9.13. The van der Waals surface area contributed by atoms with Gasteiger partial charge in [0.2, 0.25) is 0 Å². The van der Waals surface area contributed by atoms with E-state index in [4.69, 9.17) is 9.47 Å². The molecule has 0 atom stereocenters. The molecule has 0 spiro atoms. The van der Waals surface area contributed by atoms with Gasteiger partial charge in [-0.05, 0) is 26.2 Å². The molecule has 0 unspecified atom stereocenters. The highest BCUT2D eigenvalue weighted by Gasteiger charge is 2.18. The van der Waals surface area contributed by atoms with Crippen LogP contribution in [0.1, 0.15) is 0 Å². The quantitative estimate of drug-likeness (QED) is 0.838. The number of methoxy groups -OCH3 is 1. The summed E-state index contributed by atoms with van der Waals surface area (Å²) < 4.78 is 11.7. The van der Waals surface area contributed by atoms with Crippen LogP contribution < -0.4 is 4.74 Å². The lowest BCUT2D eigenvalue weighted by atomic mass is 10.3. The highest BCUT2D eigenvalue weighted by atomic mass is 16.6. The van der Waals surface area contributed by atoms with Crippen molar-refractivity contribution in [1.82, 2.24) is 14.5 Å². The average Bonchev–Trinajstić information content (AvgIpc) is 2.75. The van der Waals surface area contributed by atoms with Crippen LogP contribution in [0.3, 0.4) is 0 Å². The maximum atomic E-state index is 11.8. The van der Waals surface area contributed by atoms with Crippen molar-refractivity contribution < 1.29 is 14.3 Å². The molecule has 2 rings (SSSR count). The molecule has 0 amide bonds. The van der Waals surface area contributed by atoms with Crippen LogP contribution in [-0.4, -0.2) is 54.9 Å². The molecule has 0 fully saturated rings. The largest absolute Gasteiger partial charge is 0.463 e. The normalized spacial score (nSPS) is 10.9. The van der Waals surface area contributed by atoms with E-state index < -0.39 is 6.09 Å². The minimum absolute atomic E-state index is 0.259. The van der Waals surface area contributed by atoms with Gasteiger partial charge in [-0.3, -0.25) is 0 Å². The van der Waals surface area contributed by atoms with Crippen LogP contribution in [0.4, 0.5) is 4.79 Å². The SMILES string of the molecule is COC(=O)n1c(OCCN(C)C)nc2ccccc21. The summed E-state index contributed by atoms with van der Waals surface area (Å²) in [6.07, 6.45) is -0.506. The van der Waals surface area contributed by atoms with E-state index in [1.807, 2.05) is 37.2 Å². The zero-order chi connectivity index (χ0) is 13.8. The van der Waals surface area contributed by atoms with E-state index in [0.717, 1.165) is 6.54 Å². The Balaban J connectivity index is 2.33. The summed E-state index contributed by atoms with van der Waals surface area (Å²) >= 11 is 0. The van der Waals surface area contributed by atoms with Crippen LogP contribution >= 0.6 is 0 Å². The molecular formula is C13H17N3O3. The summed E-state index contributed by atoms with van der Waals surface area (Å²) in [6.45, 7) is 1.19. The maximum Gasteiger partial charge on any atom is 0.422 e. The van der Waals surface area contributed by atoms with Gasteiger partial charge in [0.1, 0.15) is 6.61 Å². The van der Waals surface area contributed by atoms with E-state index in [-0.39, 0.29) is 6.01 Å². The molecular weight excluding hydrogens is 246 g/mol. The van der Waals surface area contributed by atoms with Crippen LogP contribution in [0.25, 0.3) is 11.0 Å². The van der Waals surface area contributed by atoms with Crippen molar-refractivity contribution in [1.29, 1.82) is 0 Å². The molecule has 102 valence electrons. The van der Waals surface area contributed by atoms with E-state index in [0.29, 0.717) is 17.6 Å². The molecule has 0 saturated carbocycles. The highest BCUT2D eigenvalue weighted by molar-refractivity contribution is 5.88. The van der Waals surface area contributed by atoms with Gasteiger partial charge in [0.15, 0.2) is 0 Å². The first-order valence-electron chi connectivity index (χ1n) is 5.97. The van der Waals surface area contributed by atoms with Crippen molar-refractivity contribution in [2.75, 3.05) is 34.4 Å². The van der Waals surface area contributed by atoms with Crippen molar-refractivity contribution in [2.24, 2.45) is 0 Å². The predicted octanol–water partition coefficient (Wildman–Crippen LogP) is 1.59. The van der Waals surface area contributed by atoms with Crippen LogP contribution in [0.2, 0.25) is 0 Å². The van der Waals surface area contributed by atoms with Crippen molar-refractivity contribution in [3.8, 4) is 6.01 Å². The fraction of sp³-hybridized carbons (Fsp3) is 0.385. The number of aromatic nitrogens is 2. The van der Waals surface area contributed by atoms with Crippen molar-refractivity contribution in [3.05, 3.63) is 24.3 Å². The van der Waals surface area contributed by atoms with E-state index in [1.165, 1.54) is 11.7 Å². The van der Waals surface area contributed by atoms with Crippen molar-refractivity contribution >= 4 is 17.1 Å². The molecule has 1 heterocycles. The van der Waals surface area contributed by atoms with Gasteiger partial charge in [0.05, 0.1) is 18.1 Å². The van der Waals surface area contributed by atoms with Gasteiger partial charge in [-0.15, -0.1) is 0 Å². The number of carbonyl (C=O) groups is 1. The molecule has 0 aliphatic rings. The van der Waals surface area contributed by atoms with E-state index in [1.54, 1.807) is 6.07 Å². The summed E-state index contributed by atoms with van der Waals surface area (Å²) in [7, 11) is 5.24. The lowest BCUT2D eigenvalue weighted by Crippen LogP contribution is -2.21. The molecule has 0 radical (unpaired) electrons. The van der Waals surface area contributed by atoms with E-state index in [9.17, 15) is 4.79 Å². The monoisotopic (exact) mass is 263 g/mol. The third-order valence-corrected chi connectivity index (χ3v) is 2.66. The number of ether oxygens (including phenoxy) is 2. The Morgan fingerprint density at radius 2 is 2.11 bits per heavy atom. The lowest BCUT2D eigenvalue weighted by molar-refractivity contribution is 0.166. The number of benzene rings is 1. The number of rotatable bonds is 4. The molecule has 6 heteroatoms. The minimum Gasteiger partial charge on any atom is -0.463 e. The summed E-state index contributed by atoms with van der Waals surface area (Å²) in [6, 6.07) is 7.59. The van der Waals surface area contributed by atoms with Gasteiger partial charge < -0.3 is 14.4 Å². The van der Waals surface area contributed by atoms with Gasteiger partial charge in [-0.1, -0.05) is 12.1 Å². The number of carbonyl (C=O) groups excluding carboxylic acids is 1. The molecule has 2 aromatic rings. The molecule has 0 N–H and O–H groups in total. The standard InChI is InChI=1S/C13H17N3O3/c1-15(2)8-9-19-12-14-10-6-4-5-7-11(10)16(12)13(17)18-3/h4-7H,8-9H2,1-3H3. The van der Waals surface area contributed by atoms with Crippen molar-refractivity contribution in [2.45, 2.75) is 0 Å². The second-order valence-corrected chi connectivity index (χ2v) is 4.34. The van der Waals surface area contributed by atoms with Gasteiger partial charge >= 0.3 is 12.1 Å². The number of para-hydroxylation sites is 2. The highest BCUT2D eigenvalue weighted by Crippen LogP contribution is 2.21. The van der Waals surface area contributed by atoms with Gasteiger partial charge in [-0.2, -0.15) is 9.55 Å². The first kappa shape index (κ1) is 13.4. The second-order valence-electron chi connectivity index (χ2n) is 4.34. The molecule has 1 aromatic heterocycles. The van der Waals surface area contributed by atoms with Crippen LogP contribution in [0, 0.1) is 0 Å². The van der Waals surface area contributed by atoms with E-state index >= 15 is 0 Å². The fourth-order valence-corrected chi connectivity index (χ4v) is 1.69. The van der Waals surface area contributed by atoms with Crippen LogP contribution in [0.5, 0.6) is 6.01 Å². The Morgan fingerprint density at radius 3 is 2.79 bits per heavy atom. The van der Waals surface area contributed by atoms with Gasteiger partial charge in [-0.25, -0.2) is 4.79 Å². The third-order valence-electron chi connectivity index (χ3n) is 2.66. The summed E-state index contributed by atoms with van der Waals surface area (Å²) in [5.41, 5.74) is 1.38. The number of fused-ring (bicyclic) bond motifs is 1. The molecule has 0 aliphatic heterocycles. The third kappa shape index (κ3) is 2.85. The molecule has 6 nitrogen and oxygen atoms in total. The van der Waals surface area contributed by atoms with Crippen molar-refractivity contribution in [3.63, 3.8) is 0 Å². The minimum atomic E-state index is -0.506. The second kappa shape index (κ2) is 5.71. The van der Waals surface area contributed by atoms with E-state index in [2.05, 4.69) is 4.98 Å². The zero-order valence-electron chi connectivity index (χ0n) is 11.3. The molecule has 0 saturated heterocycles. The Bertz CT molecular complexity index is 578. The molecule has 19 heavy (non-hydrogen) atoms. The molecule has 1 aromatic carbocycles. The van der Waals surface area contributed by atoms with Crippen LogP contribution in [-0.2, 0) is 4.74 Å². The Kier molecular flexibility index (Phi) is 4.01. The van der Waals surface area contributed by atoms with Gasteiger partial charge in [0, 0.05) is 6.54 Å². The smallest absolute Gasteiger partial charge is 0.422 e. The summed E-state index contributed by atoms with van der Waals surface area (Å²) in [5.74, 6) is 0. The predicted molar refractivity (Wildman–Crippen MR) is 71.6 cm³/mol. The summed E-state index contributed by atoms with van der Waals surface area (Å²) in [5, 5.41) is 0. The Labute approximate surface area is 111 Å². The topological polar surface area (TPSA) is 56.6 Å². The summed E-state index contributed by atoms with van der Waals surface area (Å²) in [4.78, 5) is 18.1. The fourth-order valence-electron chi connectivity index (χ4n) is 1.69. The maximum absolute atomic E-state index is 11.8. The number of hydrogen-bond donors (Lipinski definition) is 0. The Hall–Kier alpha value is -2.08.